The third kappa shape index (κ3) is 5.58. The highest BCUT2D eigenvalue weighted by atomic mass is 35.5. The number of rotatable bonds is 6. The number of nitrogens with zero attached hydrogens (tertiary/aromatic N) is 1. The minimum absolute atomic E-state index is 0.0730. The molecule has 0 spiro atoms. The van der Waals surface area contributed by atoms with E-state index < -0.39 is 24.3 Å². The van der Waals surface area contributed by atoms with Crippen LogP contribution in [0.15, 0.2) is 30.5 Å². The molecule has 1 aromatic carbocycles. The monoisotopic (exact) mass is 386 g/mol. The first-order valence-electron chi connectivity index (χ1n) is 6.98. The van der Waals surface area contributed by atoms with Crippen LogP contribution in [0.5, 0.6) is 5.75 Å². The van der Waals surface area contributed by atoms with Gasteiger partial charge in [0, 0.05) is 6.20 Å². The van der Waals surface area contributed by atoms with Gasteiger partial charge < -0.3 is 14.8 Å². The van der Waals surface area contributed by atoms with Crippen LogP contribution >= 0.6 is 23.2 Å². The average Bonchev–Trinajstić information content (AvgIpc) is 2.56. The standard InChI is InChI=1S/C16H13Cl2FN2O4/c1-24-13-3-2-9(4-12(13)19)5-15(23)25-8-14(22)21-16-11(18)6-10(17)7-20-16/h2-4,6-7H,5,8H2,1H3,(H,20,21,22). The number of ether oxygens (including phenoxy) is 2. The molecule has 132 valence electrons. The smallest absolute Gasteiger partial charge is 0.310 e. The van der Waals surface area contributed by atoms with Gasteiger partial charge in [0.2, 0.25) is 0 Å². The maximum Gasteiger partial charge on any atom is 0.310 e. The largest absolute Gasteiger partial charge is 0.494 e. The lowest BCUT2D eigenvalue weighted by molar-refractivity contribution is -0.146. The lowest BCUT2D eigenvalue weighted by Gasteiger charge is -2.08. The number of methoxy groups -OCH3 is 1. The molecule has 6 nitrogen and oxygen atoms in total. The quantitative estimate of drug-likeness (QED) is 0.770. The van der Waals surface area contributed by atoms with E-state index in [1.54, 1.807) is 0 Å². The van der Waals surface area contributed by atoms with E-state index in [4.69, 9.17) is 32.7 Å². The summed E-state index contributed by atoms with van der Waals surface area (Å²) in [5.74, 6) is -1.72. The first-order valence-corrected chi connectivity index (χ1v) is 7.73. The molecule has 0 aliphatic rings. The van der Waals surface area contributed by atoms with Crippen molar-refractivity contribution in [1.82, 2.24) is 4.98 Å². The van der Waals surface area contributed by atoms with Gasteiger partial charge in [0.15, 0.2) is 24.0 Å². The van der Waals surface area contributed by atoms with Crippen molar-refractivity contribution < 1.29 is 23.5 Å². The molecule has 0 aliphatic heterocycles. The molecule has 1 amide bonds. The third-order valence-corrected chi connectivity index (χ3v) is 3.49. The number of hydrogen-bond acceptors (Lipinski definition) is 5. The number of pyridine rings is 1. The molecular weight excluding hydrogens is 374 g/mol. The molecule has 2 aromatic rings. The lowest BCUT2D eigenvalue weighted by Crippen LogP contribution is -2.22. The summed E-state index contributed by atoms with van der Waals surface area (Å²) in [6.45, 7) is -0.530. The normalized spacial score (nSPS) is 10.2. The Balaban J connectivity index is 1.85. The van der Waals surface area contributed by atoms with Crippen molar-refractivity contribution in [3.05, 3.63) is 51.9 Å². The van der Waals surface area contributed by atoms with Gasteiger partial charge in [-0.25, -0.2) is 9.37 Å². The maximum absolute atomic E-state index is 13.6. The zero-order valence-electron chi connectivity index (χ0n) is 13.0. The van der Waals surface area contributed by atoms with Crippen LogP contribution in [0.25, 0.3) is 0 Å². The molecule has 0 bridgehead atoms. The third-order valence-electron chi connectivity index (χ3n) is 2.99. The van der Waals surface area contributed by atoms with Crippen LogP contribution in [0.1, 0.15) is 5.56 Å². The zero-order valence-corrected chi connectivity index (χ0v) is 14.5. The molecule has 0 unspecified atom stereocenters. The van der Waals surface area contributed by atoms with Crippen LogP contribution in [-0.2, 0) is 20.7 Å². The Labute approximate surface area is 152 Å². The van der Waals surface area contributed by atoms with Crippen LogP contribution in [0, 0.1) is 5.82 Å². The first kappa shape index (κ1) is 19.0. The topological polar surface area (TPSA) is 77.5 Å². The Morgan fingerprint density at radius 1 is 1.28 bits per heavy atom. The van der Waals surface area contributed by atoms with Crippen LogP contribution < -0.4 is 10.1 Å². The minimum atomic E-state index is -0.685. The highest BCUT2D eigenvalue weighted by Gasteiger charge is 2.12. The maximum atomic E-state index is 13.6. The zero-order chi connectivity index (χ0) is 18.4. The van der Waals surface area contributed by atoms with Crippen LogP contribution in [0.4, 0.5) is 10.2 Å². The lowest BCUT2D eigenvalue weighted by atomic mass is 10.1. The molecule has 0 aliphatic carbocycles. The van der Waals surface area contributed by atoms with Gasteiger partial charge in [-0.1, -0.05) is 29.3 Å². The fourth-order valence-electron chi connectivity index (χ4n) is 1.86. The van der Waals surface area contributed by atoms with E-state index in [1.807, 2.05) is 0 Å². The molecule has 1 aromatic heterocycles. The van der Waals surface area contributed by atoms with E-state index in [9.17, 15) is 14.0 Å². The summed E-state index contributed by atoms with van der Waals surface area (Å²) in [6, 6.07) is 5.51. The second-order valence-corrected chi connectivity index (χ2v) is 5.68. The number of benzene rings is 1. The summed E-state index contributed by atoms with van der Waals surface area (Å²) in [7, 11) is 1.34. The number of hydrogen-bond donors (Lipinski definition) is 1. The Hall–Kier alpha value is -2.38. The number of aromatic nitrogens is 1. The number of carbonyl (C=O) groups excluding carboxylic acids is 2. The first-order chi connectivity index (χ1) is 11.9. The summed E-state index contributed by atoms with van der Waals surface area (Å²) < 4.78 is 23.2. The van der Waals surface area contributed by atoms with Gasteiger partial charge in [-0.2, -0.15) is 0 Å². The van der Waals surface area contributed by atoms with Crippen molar-refractivity contribution in [1.29, 1.82) is 0 Å². The summed E-state index contributed by atoms with van der Waals surface area (Å²) in [5, 5.41) is 2.86. The van der Waals surface area contributed by atoms with E-state index in [0.717, 1.165) is 6.07 Å². The molecule has 9 heteroatoms. The minimum Gasteiger partial charge on any atom is -0.494 e. The Morgan fingerprint density at radius 2 is 2.04 bits per heavy atom. The number of halogens is 3. The molecule has 0 radical (unpaired) electrons. The average molecular weight is 387 g/mol. The second kappa shape index (κ2) is 8.64. The number of amides is 1. The predicted molar refractivity (Wildman–Crippen MR) is 90.5 cm³/mol. The summed E-state index contributed by atoms with van der Waals surface area (Å²) in [5.41, 5.74) is 0.395. The van der Waals surface area contributed by atoms with Crippen LogP contribution in [0.2, 0.25) is 10.0 Å². The molecule has 2 rings (SSSR count). The summed E-state index contributed by atoms with van der Waals surface area (Å²) in [4.78, 5) is 27.3. The fraction of sp³-hybridized carbons (Fsp3) is 0.188. The highest BCUT2D eigenvalue weighted by Crippen LogP contribution is 2.22. The number of carbonyl (C=O) groups is 2. The summed E-state index contributed by atoms with van der Waals surface area (Å²) in [6.07, 6.45) is 1.13. The number of esters is 1. The van der Waals surface area contributed by atoms with E-state index in [2.05, 4.69) is 10.3 Å². The van der Waals surface area contributed by atoms with Crippen molar-refractivity contribution in [2.75, 3.05) is 19.0 Å². The molecule has 0 atom stereocenters. The molecule has 0 fully saturated rings. The van der Waals surface area contributed by atoms with Crippen molar-refractivity contribution >= 4 is 40.9 Å². The fourth-order valence-corrected chi connectivity index (χ4v) is 2.29. The van der Waals surface area contributed by atoms with Crippen LogP contribution in [-0.4, -0.2) is 30.6 Å². The van der Waals surface area contributed by atoms with Crippen LogP contribution in [0.3, 0.4) is 0 Å². The van der Waals surface area contributed by atoms with Crippen molar-refractivity contribution in [3.8, 4) is 5.75 Å². The number of nitrogens with one attached hydrogen (secondary N) is 1. The van der Waals surface area contributed by atoms with Crippen molar-refractivity contribution in [2.24, 2.45) is 0 Å². The van der Waals surface area contributed by atoms with Gasteiger partial charge in [-0.3, -0.25) is 9.59 Å². The van der Waals surface area contributed by atoms with E-state index in [0.29, 0.717) is 10.6 Å². The van der Waals surface area contributed by atoms with E-state index in [-0.39, 0.29) is 23.0 Å². The Morgan fingerprint density at radius 3 is 2.68 bits per heavy atom. The molecular formula is C16H13Cl2FN2O4. The van der Waals surface area contributed by atoms with Crippen molar-refractivity contribution in [3.63, 3.8) is 0 Å². The van der Waals surface area contributed by atoms with Gasteiger partial charge >= 0.3 is 5.97 Å². The van der Waals surface area contributed by atoms with Gasteiger partial charge in [-0.15, -0.1) is 0 Å². The molecule has 1 N–H and O–H groups in total. The van der Waals surface area contributed by atoms with E-state index in [1.165, 1.54) is 31.5 Å². The Bertz CT molecular complexity index is 802. The van der Waals surface area contributed by atoms with Gasteiger partial charge in [0.05, 0.1) is 23.6 Å². The molecule has 1 heterocycles. The SMILES string of the molecule is COc1ccc(CC(=O)OCC(=O)Nc2ncc(Cl)cc2Cl)cc1F. The molecule has 25 heavy (non-hydrogen) atoms. The summed E-state index contributed by atoms with van der Waals surface area (Å²) >= 11 is 11.6. The van der Waals surface area contributed by atoms with Gasteiger partial charge in [0.1, 0.15) is 0 Å². The second-order valence-electron chi connectivity index (χ2n) is 4.84. The van der Waals surface area contributed by atoms with E-state index >= 15 is 0 Å². The highest BCUT2D eigenvalue weighted by molar-refractivity contribution is 6.36. The predicted octanol–water partition coefficient (Wildman–Crippen LogP) is 3.26. The van der Waals surface area contributed by atoms with Crippen molar-refractivity contribution in [2.45, 2.75) is 6.42 Å². The molecule has 0 saturated carbocycles. The Kier molecular flexibility index (Phi) is 6.55. The van der Waals surface area contributed by atoms with Gasteiger partial charge in [-0.05, 0) is 23.8 Å². The number of anilines is 1. The van der Waals surface area contributed by atoms with Gasteiger partial charge in [0.25, 0.3) is 5.91 Å². The molecule has 0 saturated heterocycles.